The SMILES string of the molecule is CC(=O)N(c1nnc(SCC(=O)N(C)C(C)c2ccccc2)s1)C1CC1. The molecule has 1 heterocycles. The number of hydrogen-bond donors (Lipinski definition) is 0. The van der Waals surface area contributed by atoms with Crippen molar-refractivity contribution in [2.75, 3.05) is 17.7 Å². The lowest BCUT2D eigenvalue weighted by Gasteiger charge is -2.25. The van der Waals surface area contributed by atoms with Crippen molar-refractivity contribution in [2.45, 2.75) is 43.1 Å². The van der Waals surface area contributed by atoms with Gasteiger partial charge in [0.25, 0.3) is 0 Å². The van der Waals surface area contributed by atoms with Gasteiger partial charge in [-0.25, -0.2) is 0 Å². The van der Waals surface area contributed by atoms with Crippen LogP contribution in [0.1, 0.15) is 38.3 Å². The van der Waals surface area contributed by atoms with Crippen molar-refractivity contribution in [1.29, 1.82) is 0 Å². The highest BCUT2D eigenvalue weighted by molar-refractivity contribution is 8.01. The fourth-order valence-electron chi connectivity index (χ4n) is 2.64. The van der Waals surface area contributed by atoms with Gasteiger partial charge >= 0.3 is 0 Å². The molecule has 1 atom stereocenters. The minimum atomic E-state index is -0.00676. The quantitative estimate of drug-likeness (QED) is 0.536. The maximum Gasteiger partial charge on any atom is 0.233 e. The molecule has 1 saturated carbocycles. The molecule has 2 amide bonds. The molecule has 1 aliphatic rings. The molecule has 0 spiro atoms. The second-order valence-corrected chi connectivity index (χ2v) is 8.53. The first kappa shape index (κ1) is 18.8. The van der Waals surface area contributed by atoms with Crippen molar-refractivity contribution in [3.8, 4) is 0 Å². The Labute approximate surface area is 161 Å². The van der Waals surface area contributed by atoms with Crippen molar-refractivity contribution in [3.63, 3.8) is 0 Å². The Bertz CT molecular complexity index is 777. The average Bonchev–Trinajstić information content (AvgIpc) is 3.36. The molecule has 1 aromatic carbocycles. The summed E-state index contributed by atoms with van der Waals surface area (Å²) >= 11 is 2.74. The summed E-state index contributed by atoms with van der Waals surface area (Å²) in [6, 6.07) is 10.2. The first-order valence-corrected chi connectivity index (χ1v) is 10.3. The van der Waals surface area contributed by atoms with Gasteiger partial charge in [-0.05, 0) is 25.3 Å². The van der Waals surface area contributed by atoms with Gasteiger partial charge in [-0.1, -0.05) is 53.4 Å². The summed E-state index contributed by atoms with van der Waals surface area (Å²) in [5.41, 5.74) is 1.10. The van der Waals surface area contributed by atoms with E-state index in [0.717, 1.165) is 18.4 Å². The van der Waals surface area contributed by atoms with Gasteiger partial charge in [0.05, 0.1) is 11.8 Å². The van der Waals surface area contributed by atoms with Gasteiger partial charge in [0.2, 0.25) is 16.9 Å². The van der Waals surface area contributed by atoms with Crippen LogP contribution in [0, 0.1) is 0 Å². The van der Waals surface area contributed by atoms with E-state index >= 15 is 0 Å². The topological polar surface area (TPSA) is 66.4 Å². The van der Waals surface area contributed by atoms with Crippen molar-refractivity contribution >= 4 is 40.0 Å². The van der Waals surface area contributed by atoms with Crippen LogP contribution in [0.2, 0.25) is 0 Å². The summed E-state index contributed by atoms with van der Waals surface area (Å²) < 4.78 is 0.709. The van der Waals surface area contributed by atoms with E-state index in [0.29, 0.717) is 15.2 Å². The summed E-state index contributed by atoms with van der Waals surface area (Å²) in [5, 5.41) is 8.89. The highest BCUT2D eigenvalue weighted by Crippen LogP contribution is 2.35. The number of aromatic nitrogens is 2. The van der Waals surface area contributed by atoms with Gasteiger partial charge in [0.15, 0.2) is 4.34 Å². The van der Waals surface area contributed by atoms with E-state index in [1.165, 1.54) is 23.1 Å². The van der Waals surface area contributed by atoms with Crippen molar-refractivity contribution in [3.05, 3.63) is 35.9 Å². The van der Waals surface area contributed by atoms with E-state index in [2.05, 4.69) is 10.2 Å². The Morgan fingerprint density at radius 2 is 1.96 bits per heavy atom. The highest BCUT2D eigenvalue weighted by Gasteiger charge is 2.34. The third-order valence-electron chi connectivity index (χ3n) is 4.43. The zero-order valence-electron chi connectivity index (χ0n) is 15.1. The van der Waals surface area contributed by atoms with Crippen LogP contribution in [0.5, 0.6) is 0 Å². The Morgan fingerprint density at radius 1 is 1.27 bits per heavy atom. The molecule has 2 aromatic rings. The van der Waals surface area contributed by atoms with Crippen LogP contribution in [-0.2, 0) is 9.59 Å². The zero-order valence-corrected chi connectivity index (χ0v) is 16.7. The van der Waals surface area contributed by atoms with Crippen LogP contribution in [0.25, 0.3) is 0 Å². The Balaban J connectivity index is 1.57. The van der Waals surface area contributed by atoms with Crippen LogP contribution in [0.4, 0.5) is 5.13 Å². The number of thioether (sulfide) groups is 1. The Kier molecular flexibility index (Phi) is 5.93. The fraction of sp³-hybridized carbons (Fsp3) is 0.444. The number of amides is 2. The second kappa shape index (κ2) is 8.18. The van der Waals surface area contributed by atoms with Crippen LogP contribution in [-0.4, -0.2) is 45.8 Å². The van der Waals surface area contributed by atoms with Crippen molar-refractivity contribution < 1.29 is 9.59 Å². The fourth-order valence-corrected chi connectivity index (χ4v) is 4.52. The van der Waals surface area contributed by atoms with Crippen molar-refractivity contribution in [2.24, 2.45) is 0 Å². The Hall–Kier alpha value is -1.93. The lowest BCUT2D eigenvalue weighted by atomic mass is 10.1. The van der Waals surface area contributed by atoms with E-state index < -0.39 is 0 Å². The van der Waals surface area contributed by atoms with Crippen LogP contribution in [0.15, 0.2) is 34.7 Å². The molecular weight excluding hydrogens is 368 g/mol. The normalized spacial score (nSPS) is 14.7. The van der Waals surface area contributed by atoms with Crippen LogP contribution in [0.3, 0.4) is 0 Å². The molecule has 8 heteroatoms. The van der Waals surface area contributed by atoms with E-state index in [1.807, 2.05) is 44.3 Å². The van der Waals surface area contributed by atoms with Gasteiger partial charge in [-0.2, -0.15) is 0 Å². The van der Waals surface area contributed by atoms with Gasteiger partial charge in [-0.3, -0.25) is 14.5 Å². The summed E-state index contributed by atoms with van der Waals surface area (Å²) in [5.74, 6) is 0.327. The minimum Gasteiger partial charge on any atom is -0.338 e. The molecule has 26 heavy (non-hydrogen) atoms. The highest BCUT2D eigenvalue weighted by atomic mass is 32.2. The molecule has 138 valence electrons. The van der Waals surface area contributed by atoms with Crippen LogP contribution < -0.4 is 4.90 Å². The van der Waals surface area contributed by atoms with E-state index in [1.54, 1.807) is 16.7 Å². The lowest BCUT2D eigenvalue weighted by Crippen LogP contribution is -2.31. The largest absolute Gasteiger partial charge is 0.338 e. The molecule has 1 aromatic heterocycles. The third-order valence-corrected chi connectivity index (χ3v) is 6.47. The van der Waals surface area contributed by atoms with Gasteiger partial charge in [-0.15, -0.1) is 10.2 Å². The third kappa shape index (κ3) is 4.42. The summed E-state index contributed by atoms with van der Waals surface area (Å²) in [6.07, 6.45) is 2.03. The standard InChI is InChI=1S/C18H22N4O2S2/c1-12(14-7-5-4-6-8-14)21(3)16(24)11-25-18-20-19-17(26-18)22(13(2)23)15-9-10-15/h4-8,12,15H,9-11H2,1-3H3. The number of nitrogens with zero attached hydrogens (tertiary/aromatic N) is 4. The predicted molar refractivity (Wildman–Crippen MR) is 104 cm³/mol. The molecule has 0 radical (unpaired) electrons. The second-order valence-electron chi connectivity index (χ2n) is 6.35. The molecule has 6 nitrogen and oxygen atoms in total. The van der Waals surface area contributed by atoms with Gasteiger partial charge < -0.3 is 4.90 Å². The first-order valence-electron chi connectivity index (χ1n) is 8.54. The molecule has 0 bridgehead atoms. The Morgan fingerprint density at radius 3 is 2.58 bits per heavy atom. The van der Waals surface area contributed by atoms with E-state index in [4.69, 9.17) is 0 Å². The summed E-state index contributed by atoms with van der Waals surface area (Å²) in [6.45, 7) is 3.57. The molecule has 1 unspecified atom stereocenters. The molecule has 0 aliphatic heterocycles. The predicted octanol–water partition coefficient (Wildman–Crippen LogP) is 3.37. The maximum absolute atomic E-state index is 12.5. The monoisotopic (exact) mass is 390 g/mol. The minimum absolute atomic E-state index is 0.00676. The molecular formula is C18H22N4O2S2. The number of carbonyl (C=O) groups is 2. The van der Waals surface area contributed by atoms with Gasteiger partial charge in [0.1, 0.15) is 0 Å². The number of rotatable bonds is 7. The molecule has 0 N–H and O–H groups in total. The van der Waals surface area contributed by atoms with E-state index in [9.17, 15) is 9.59 Å². The molecule has 1 fully saturated rings. The maximum atomic E-state index is 12.5. The molecule has 3 rings (SSSR count). The number of benzene rings is 1. The first-order chi connectivity index (χ1) is 12.5. The smallest absolute Gasteiger partial charge is 0.233 e. The number of anilines is 1. The summed E-state index contributed by atoms with van der Waals surface area (Å²) in [4.78, 5) is 27.8. The van der Waals surface area contributed by atoms with E-state index in [-0.39, 0.29) is 23.9 Å². The number of carbonyl (C=O) groups excluding carboxylic acids is 2. The zero-order chi connectivity index (χ0) is 18.7. The lowest BCUT2D eigenvalue weighted by molar-refractivity contribution is -0.129. The van der Waals surface area contributed by atoms with Crippen LogP contribution >= 0.6 is 23.1 Å². The molecule has 1 aliphatic carbocycles. The summed E-state index contributed by atoms with van der Waals surface area (Å²) in [7, 11) is 1.82. The average molecular weight is 391 g/mol. The van der Waals surface area contributed by atoms with Gasteiger partial charge in [0, 0.05) is 20.0 Å². The molecule has 0 saturated heterocycles. The number of hydrogen-bond acceptors (Lipinski definition) is 6. The van der Waals surface area contributed by atoms with Crippen molar-refractivity contribution in [1.82, 2.24) is 15.1 Å².